The van der Waals surface area contributed by atoms with Gasteiger partial charge in [-0.3, -0.25) is 0 Å². The van der Waals surface area contributed by atoms with E-state index in [1.165, 1.54) is 0 Å². The van der Waals surface area contributed by atoms with Crippen LogP contribution in [0.1, 0.15) is 38.2 Å². The molecule has 1 saturated heterocycles. The van der Waals surface area contributed by atoms with Crippen LogP contribution in [0.2, 0.25) is 0 Å². The van der Waals surface area contributed by atoms with Crippen molar-refractivity contribution in [3.05, 3.63) is 29.8 Å². The number of carbonyl (C=O) groups excluding carboxylic acids is 1. The lowest BCUT2D eigenvalue weighted by Crippen LogP contribution is -2.50. The Hall–Kier alpha value is -2.26. The zero-order chi connectivity index (χ0) is 17.4. The molecule has 1 unspecified atom stereocenters. The lowest BCUT2D eigenvalue weighted by molar-refractivity contribution is 0.222. The quantitative estimate of drug-likeness (QED) is 0.744. The molecule has 0 aliphatic carbocycles. The molecule has 130 valence electrons. The van der Waals surface area contributed by atoms with Crippen LogP contribution in [0.4, 0.5) is 10.5 Å². The molecule has 0 bridgehead atoms. The van der Waals surface area contributed by atoms with Crippen LogP contribution in [0, 0.1) is 11.3 Å². The summed E-state index contributed by atoms with van der Waals surface area (Å²) >= 11 is 0. The fourth-order valence-electron chi connectivity index (χ4n) is 2.98. The Morgan fingerprint density at radius 3 is 2.58 bits per heavy atom. The number of amides is 2. The van der Waals surface area contributed by atoms with E-state index in [0.717, 1.165) is 38.0 Å². The number of hydrogen-bond acceptors (Lipinski definition) is 4. The normalized spacial score (nSPS) is 16.3. The number of aliphatic hydroxyl groups excluding tert-OH is 1. The molecule has 1 fully saturated rings. The van der Waals surface area contributed by atoms with Crippen molar-refractivity contribution in [2.24, 2.45) is 0 Å². The van der Waals surface area contributed by atoms with Gasteiger partial charge in [0.2, 0.25) is 0 Å². The van der Waals surface area contributed by atoms with Gasteiger partial charge in [0.05, 0.1) is 11.6 Å². The highest BCUT2D eigenvalue weighted by Crippen LogP contribution is 2.20. The van der Waals surface area contributed by atoms with Crippen LogP contribution in [0.3, 0.4) is 0 Å². The summed E-state index contributed by atoms with van der Waals surface area (Å²) < 4.78 is 0. The fourth-order valence-corrected chi connectivity index (χ4v) is 2.98. The summed E-state index contributed by atoms with van der Waals surface area (Å²) in [7, 11) is 0. The van der Waals surface area contributed by atoms with Gasteiger partial charge in [-0.05, 0) is 49.9 Å². The third-order valence-corrected chi connectivity index (χ3v) is 4.50. The van der Waals surface area contributed by atoms with Gasteiger partial charge in [0.15, 0.2) is 0 Å². The number of hydrogen-bond donors (Lipinski definition) is 3. The van der Waals surface area contributed by atoms with E-state index in [9.17, 15) is 4.79 Å². The van der Waals surface area contributed by atoms with E-state index < -0.39 is 0 Å². The van der Waals surface area contributed by atoms with Gasteiger partial charge < -0.3 is 20.6 Å². The minimum absolute atomic E-state index is 0.0220. The SMILES string of the molecule is CCC(CCO)NC(=O)NC1CCN(c2ccc(C#N)cc2)CC1. The summed E-state index contributed by atoms with van der Waals surface area (Å²) in [6.07, 6.45) is 3.18. The second-order valence-corrected chi connectivity index (χ2v) is 6.16. The molecule has 0 aromatic heterocycles. The van der Waals surface area contributed by atoms with Crippen molar-refractivity contribution >= 4 is 11.7 Å². The maximum atomic E-state index is 12.0. The number of rotatable bonds is 6. The average molecular weight is 330 g/mol. The maximum Gasteiger partial charge on any atom is 0.315 e. The summed E-state index contributed by atoms with van der Waals surface area (Å²) in [5.41, 5.74) is 1.78. The van der Waals surface area contributed by atoms with E-state index in [-0.39, 0.29) is 24.7 Å². The molecule has 0 spiro atoms. The number of nitriles is 1. The predicted octanol–water partition coefficient (Wildman–Crippen LogP) is 1.99. The Labute approximate surface area is 143 Å². The molecule has 1 heterocycles. The van der Waals surface area contributed by atoms with Crippen LogP contribution in [0.5, 0.6) is 0 Å². The smallest absolute Gasteiger partial charge is 0.315 e. The number of piperidine rings is 1. The molecule has 24 heavy (non-hydrogen) atoms. The lowest BCUT2D eigenvalue weighted by Gasteiger charge is -2.34. The Kier molecular flexibility index (Phi) is 6.89. The highest BCUT2D eigenvalue weighted by molar-refractivity contribution is 5.74. The second kappa shape index (κ2) is 9.14. The van der Waals surface area contributed by atoms with E-state index in [1.807, 2.05) is 31.2 Å². The molecule has 1 aromatic rings. The van der Waals surface area contributed by atoms with Crippen LogP contribution in [0.15, 0.2) is 24.3 Å². The minimum atomic E-state index is -0.146. The average Bonchev–Trinajstić information content (AvgIpc) is 2.62. The highest BCUT2D eigenvalue weighted by atomic mass is 16.3. The van der Waals surface area contributed by atoms with E-state index in [4.69, 9.17) is 10.4 Å². The van der Waals surface area contributed by atoms with Gasteiger partial charge in [-0.25, -0.2) is 4.79 Å². The molecule has 0 saturated carbocycles. The summed E-state index contributed by atoms with van der Waals surface area (Å²) in [6, 6.07) is 9.78. The largest absolute Gasteiger partial charge is 0.396 e. The van der Waals surface area contributed by atoms with Gasteiger partial charge >= 0.3 is 6.03 Å². The van der Waals surface area contributed by atoms with Crippen molar-refractivity contribution in [1.82, 2.24) is 10.6 Å². The third kappa shape index (κ3) is 5.14. The van der Waals surface area contributed by atoms with E-state index in [0.29, 0.717) is 12.0 Å². The molecule has 6 nitrogen and oxygen atoms in total. The molecule has 1 aliphatic heterocycles. The number of anilines is 1. The van der Waals surface area contributed by atoms with Gasteiger partial charge in [0.1, 0.15) is 0 Å². The molecule has 1 atom stereocenters. The van der Waals surface area contributed by atoms with E-state index in [1.54, 1.807) is 0 Å². The Morgan fingerprint density at radius 2 is 2.04 bits per heavy atom. The molecule has 2 amide bonds. The van der Waals surface area contributed by atoms with Crippen molar-refractivity contribution in [2.45, 2.75) is 44.7 Å². The monoisotopic (exact) mass is 330 g/mol. The van der Waals surface area contributed by atoms with Crippen molar-refractivity contribution < 1.29 is 9.90 Å². The van der Waals surface area contributed by atoms with Crippen molar-refractivity contribution in [2.75, 3.05) is 24.6 Å². The van der Waals surface area contributed by atoms with Crippen LogP contribution in [-0.2, 0) is 0 Å². The first kappa shape index (κ1) is 18.1. The van der Waals surface area contributed by atoms with Crippen molar-refractivity contribution in [3.8, 4) is 6.07 Å². The fraction of sp³-hybridized carbons (Fsp3) is 0.556. The zero-order valence-corrected chi connectivity index (χ0v) is 14.2. The zero-order valence-electron chi connectivity index (χ0n) is 14.2. The van der Waals surface area contributed by atoms with Gasteiger partial charge in [-0.15, -0.1) is 0 Å². The van der Waals surface area contributed by atoms with E-state index in [2.05, 4.69) is 21.6 Å². The topological polar surface area (TPSA) is 88.4 Å². The molecule has 1 aliphatic rings. The molecule has 0 radical (unpaired) electrons. The molecular weight excluding hydrogens is 304 g/mol. The van der Waals surface area contributed by atoms with Gasteiger partial charge in [0.25, 0.3) is 0 Å². The third-order valence-electron chi connectivity index (χ3n) is 4.50. The van der Waals surface area contributed by atoms with Crippen LogP contribution in [-0.4, -0.2) is 42.9 Å². The Bertz CT molecular complexity index is 559. The predicted molar refractivity (Wildman–Crippen MR) is 93.8 cm³/mol. The van der Waals surface area contributed by atoms with E-state index >= 15 is 0 Å². The summed E-state index contributed by atoms with van der Waals surface area (Å²) in [6.45, 7) is 3.84. The summed E-state index contributed by atoms with van der Waals surface area (Å²) in [5.74, 6) is 0. The lowest BCUT2D eigenvalue weighted by atomic mass is 10.0. The number of carbonyl (C=O) groups is 1. The molecule has 1 aromatic carbocycles. The second-order valence-electron chi connectivity index (χ2n) is 6.16. The first-order chi connectivity index (χ1) is 11.7. The highest BCUT2D eigenvalue weighted by Gasteiger charge is 2.21. The minimum Gasteiger partial charge on any atom is -0.396 e. The molecule has 2 rings (SSSR count). The number of nitrogens with one attached hydrogen (secondary N) is 2. The van der Waals surface area contributed by atoms with Crippen LogP contribution < -0.4 is 15.5 Å². The number of aliphatic hydroxyl groups is 1. The summed E-state index contributed by atoms with van der Waals surface area (Å²) in [5, 5.41) is 23.8. The van der Waals surface area contributed by atoms with Crippen LogP contribution >= 0.6 is 0 Å². The number of nitrogens with zero attached hydrogens (tertiary/aromatic N) is 2. The van der Waals surface area contributed by atoms with Crippen molar-refractivity contribution in [1.29, 1.82) is 5.26 Å². The number of urea groups is 1. The first-order valence-corrected chi connectivity index (χ1v) is 8.59. The molecule has 3 N–H and O–H groups in total. The summed E-state index contributed by atoms with van der Waals surface area (Å²) in [4.78, 5) is 14.3. The number of benzene rings is 1. The van der Waals surface area contributed by atoms with Gasteiger partial charge in [-0.1, -0.05) is 6.92 Å². The Balaban J connectivity index is 1.77. The van der Waals surface area contributed by atoms with Gasteiger partial charge in [-0.2, -0.15) is 5.26 Å². The first-order valence-electron chi connectivity index (χ1n) is 8.59. The molecule has 6 heteroatoms. The maximum absolute atomic E-state index is 12.0. The van der Waals surface area contributed by atoms with Gasteiger partial charge in [0, 0.05) is 37.5 Å². The standard InChI is InChI=1S/C18H26N4O2/c1-2-15(9-12-23)20-18(24)21-16-7-10-22(11-8-16)17-5-3-14(13-19)4-6-17/h3-6,15-16,23H,2,7-12H2,1H3,(H2,20,21,24). The van der Waals surface area contributed by atoms with Crippen molar-refractivity contribution in [3.63, 3.8) is 0 Å². The molecular formula is C18H26N4O2. The van der Waals surface area contributed by atoms with Crippen LogP contribution in [0.25, 0.3) is 0 Å². The Morgan fingerprint density at radius 1 is 1.38 bits per heavy atom.